The number of ether oxygens (including phenoxy) is 2. The lowest BCUT2D eigenvalue weighted by atomic mass is 9.67. The van der Waals surface area contributed by atoms with Gasteiger partial charge in [0.1, 0.15) is 5.75 Å². The Morgan fingerprint density at radius 1 is 1.04 bits per heavy atom. The SMILES string of the molecule is COCOc1cc2c(c(B3OC(C)(C)C(C)(C)O3)c1)C1(CCC2)CC1. The van der Waals surface area contributed by atoms with Crippen LogP contribution in [0.3, 0.4) is 0 Å². The predicted molar refractivity (Wildman–Crippen MR) is 98.5 cm³/mol. The molecule has 4 rings (SSSR count). The van der Waals surface area contributed by atoms with Crippen LogP contribution in [0, 0.1) is 0 Å². The van der Waals surface area contributed by atoms with Gasteiger partial charge in [0.25, 0.3) is 0 Å². The number of hydrogen-bond donors (Lipinski definition) is 0. The summed E-state index contributed by atoms with van der Waals surface area (Å²) in [5.74, 6) is 0.850. The van der Waals surface area contributed by atoms with Gasteiger partial charge in [-0.1, -0.05) is 0 Å². The number of fused-ring (bicyclic) bond motifs is 2. The first kappa shape index (κ1) is 17.4. The molecule has 0 bridgehead atoms. The van der Waals surface area contributed by atoms with Crippen LogP contribution in [0.2, 0.25) is 0 Å². The molecule has 1 aromatic rings. The summed E-state index contributed by atoms with van der Waals surface area (Å²) in [6.45, 7) is 8.69. The minimum absolute atomic E-state index is 0.257. The Balaban J connectivity index is 1.78. The van der Waals surface area contributed by atoms with Crippen LogP contribution in [-0.2, 0) is 25.9 Å². The second-order valence-electron chi connectivity index (χ2n) is 8.82. The molecule has 0 amide bonds. The Kier molecular flexibility index (Phi) is 3.99. The van der Waals surface area contributed by atoms with Gasteiger partial charge in [-0.3, -0.25) is 0 Å². The van der Waals surface area contributed by atoms with Gasteiger partial charge in [0.15, 0.2) is 6.79 Å². The van der Waals surface area contributed by atoms with E-state index < -0.39 is 0 Å². The van der Waals surface area contributed by atoms with Crippen LogP contribution >= 0.6 is 0 Å². The van der Waals surface area contributed by atoms with Crippen LogP contribution in [-0.4, -0.2) is 32.2 Å². The van der Waals surface area contributed by atoms with E-state index in [1.807, 2.05) is 0 Å². The van der Waals surface area contributed by atoms with Crippen molar-refractivity contribution in [3.8, 4) is 5.75 Å². The van der Waals surface area contributed by atoms with Crippen molar-refractivity contribution in [3.63, 3.8) is 0 Å². The molecule has 1 spiro atoms. The molecular weight excluding hydrogens is 315 g/mol. The fourth-order valence-corrected chi connectivity index (χ4v) is 4.30. The number of hydrogen-bond acceptors (Lipinski definition) is 4. The van der Waals surface area contributed by atoms with E-state index in [0.717, 1.165) is 12.2 Å². The standard InChI is InChI=1S/C20H29BO4/c1-18(2)19(3,4)25-21(24-18)16-12-15(23-13-22-5)11-14-7-6-8-20(9-10-20)17(14)16/h11-12H,6-10,13H2,1-5H3. The van der Waals surface area contributed by atoms with Gasteiger partial charge in [0, 0.05) is 7.11 Å². The lowest BCUT2D eigenvalue weighted by molar-refractivity contribution is 0.00578. The molecule has 1 saturated heterocycles. The summed E-state index contributed by atoms with van der Waals surface area (Å²) in [7, 11) is 1.31. The highest BCUT2D eigenvalue weighted by Crippen LogP contribution is 2.55. The fourth-order valence-electron chi connectivity index (χ4n) is 4.30. The first-order valence-electron chi connectivity index (χ1n) is 9.43. The molecule has 0 N–H and O–H groups in total. The highest BCUT2D eigenvalue weighted by atomic mass is 16.7. The van der Waals surface area contributed by atoms with E-state index in [1.54, 1.807) is 7.11 Å². The smallest absolute Gasteiger partial charge is 0.468 e. The number of rotatable bonds is 4. The third kappa shape index (κ3) is 2.81. The van der Waals surface area contributed by atoms with Crippen molar-refractivity contribution >= 4 is 12.6 Å². The molecular formula is C20H29BO4. The van der Waals surface area contributed by atoms with Crippen molar-refractivity contribution in [2.24, 2.45) is 0 Å². The highest BCUT2D eigenvalue weighted by molar-refractivity contribution is 6.63. The minimum Gasteiger partial charge on any atom is -0.468 e. The van der Waals surface area contributed by atoms with Gasteiger partial charge in [-0.15, -0.1) is 0 Å². The average molecular weight is 344 g/mol. The maximum atomic E-state index is 6.39. The van der Waals surface area contributed by atoms with Gasteiger partial charge in [0.2, 0.25) is 0 Å². The van der Waals surface area contributed by atoms with Crippen LogP contribution in [0.1, 0.15) is 64.5 Å². The molecule has 0 aromatic heterocycles. The predicted octanol–water partition coefficient (Wildman–Crippen LogP) is 3.34. The molecule has 0 radical (unpaired) electrons. The third-order valence-electron chi connectivity index (χ3n) is 6.56. The summed E-state index contributed by atoms with van der Waals surface area (Å²) in [5, 5.41) is 0. The third-order valence-corrected chi connectivity index (χ3v) is 6.56. The molecule has 4 nitrogen and oxygen atoms in total. The Hall–Kier alpha value is -1.04. The lowest BCUT2D eigenvalue weighted by Gasteiger charge is -2.32. The summed E-state index contributed by atoms with van der Waals surface area (Å²) in [6.07, 6.45) is 6.21. The molecule has 0 unspecified atom stereocenters. The second kappa shape index (κ2) is 5.73. The zero-order valence-corrected chi connectivity index (χ0v) is 16.1. The maximum absolute atomic E-state index is 6.39. The van der Waals surface area contributed by atoms with E-state index in [2.05, 4.69) is 39.8 Å². The maximum Gasteiger partial charge on any atom is 0.495 e. The summed E-state index contributed by atoms with van der Waals surface area (Å²) in [6, 6.07) is 4.31. The fraction of sp³-hybridized carbons (Fsp3) is 0.700. The zero-order chi connectivity index (χ0) is 17.9. The van der Waals surface area contributed by atoms with Crippen molar-refractivity contribution in [2.45, 2.75) is 76.4 Å². The van der Waals surface area contributed by atoms with Gasteiger partial charge in [-0.2, -0.15) is 0 Å². The number of aryl methyl sites for hydroxylation is 1. The molecule has 136 valence electrons. The van der Waals surface area contributed by atoms with Gasteiger partial charge in [-0.05, 0) is 93.9 Å². The van der Waals surface area contributed by atoms with E-state index in [0.29, 0.717) is 5.41 Å². The summed E-state index contributed by atoms with van der Waals surface area (Å²) in [4.78, 5) is 0. The lowest BCUT2D eigenvalue weighted by Crippen LogP contribution is -2.41. The van der Waals surface area contributed by atoms with Crippen molar-refractivity contribution < 1.29 is 18.8 Å². The molecule has 2 aliphatic carbocycles. The second-order valence-corrected chi connectivity index (χ2v) is 8.82. The molecule has 1 saturated carbocycles. The molecule has 1 heterocycles. The van der Waals surface area contributed by atoms with E-state index in [-0.39, 0.29) is 25.1 Å². The number of benzene rings is 1. The minimum atomic E-state index is -0.334. The van der Waals surface area contributed by atoms with E-state index in [1.165, 1.54) is 42.3 Å². The van der Waals surface area contributed by atoms with Crippen LogP contribution < -0.4 is 10.2 Å². The van der Waals surface area contributed by atoms with Gasteiger partial charge in [0.05, 0.1) is 11.2 Å². The van der Waals surface area contributed by atoms with E-state index in [9.17, 15) is 0 Å². The Bertz CT molecular complexity index is 663. The quantitative estimate of drug-likeness (QED) is 0.620. The van der Waals surface area contributed by atoms with Crippen molar-refractivity contribution in [1.82, 2.24) is 0 Å². The Labute approximate surface area is 151 Å². The molecule has 3 aliphatic rings. The summed E-state index contributed by atoms with van der Waals surface area (Å²) in [5.41, 5.74) is 3.73. The molecule has 2 fully saturated rings. The Morgan fingerprint density at radius 3 is 2.32 bits per heavy atom. The van der Waals surface area contributed by atoms with Crippen molar-refractivity contribution in [2.75, 3.05) is 13.9 Å². The molecule has 1 aromatic carbocycles. The Morgan fingerprint density at radius 2 is 1.72 bits per heavy atom. The van der Waals surface area contributed by atoms with Gasteiger partial charge >= 0.3 is 7.12 Å². The largest absolute Gasteiger partial charge is 0.495 e. The van der Waals surface area contributed by atoms with Crippen molar-refractivity contribution in [1.29, 1.82) is 0 Å². The topological polar surface area (TPSA) is 36.9 Å². The summed E-state index contributed by atoms with van der Waals surface area (Å²) >= 11 is 0. The van der Waals surface area contributed by atoms with Gasteiger partial charge < -0.3 is 18.8 Å². The number of methoxy groups -OCH3 is 1. The normalized spacial score (nSPS) is 25.1. The zero-order valence-electron chi connectivity index (χ0n) is 16.1. The van der Waals surface area contributed by atoms with Crippen molar-refractivity contribution in [3.05, 3.63) is 23.3 Å². The summed E-state index contributed by atoms with van der Waals surface area (Å²) < 4.78 is 23.6. The molecule has 5 heteroatoms. The highest BCUT2D eigenvalue weighted by Gasteiger charge is 2.55. The average Bonchev–Trinajstić information content (AvgIpc) is 3.26. The van der Waals surface area contributed by atoms with Crippen LogP contribution in [0.25, 0.3) is 0 Å². The van der Waals surface area contributed by atoms with Crippen LogP contribution in [0.5, 0.6) is 5.75 Å². The first-order chi connectivity index (χ1) is 11.8. The molecule has 1 aliphatic heterocycles. The first-order valence-corrected chi connectivity index (χ1v) is 9.43. The van der Waals surface area contributed by atoms with E-state index in [4.69, 9.17) is 18.8 Å². The molecule has 0 atom stereocenters. The van der Waals surface area contributed by atoms with E-state index >= 15 is 0 Å². The van der Waals surface area contributed by atoms with Crippen LogP contribution in [0.15, 0.2) is 12.1 Å². The van der Waals surface area contributed by atoms with Gasteiger partial charge in [-0.25, -0.2) is 0 Å². The van der Waals surface area contributed by atoms with Crippen LogP contribution in [0.4, 0.5) is 0 Å². The monoisotopic (exact) mass is 344 g/mol. The molecule has 25 heavy (non-hydrogen) atoms.